The quantitative estimate of drug-likeness (QED) is 0.415. The first-order chi connectivity index (χ1) is 2.27. The van der Waals surface area contributed by atoms with E-state index in [1.54, 1.807) is 0 Å². The Balaban J connectivity index is 2.85. The number of hydrogen-bond acceptors (Lipinski definition) is 0. The number of rotatable bonds is 1. The van der Waals surface area contributed by atoms with Gasteiger partial charge < -0.3 is 0 Å². The predicted molar refractivity (Wildman–Crippen MR) is 25.1 cm³/mol. The molecule has 0 atom stereocenters. The van der Waals surface area contributed by atoms with E-state index in [0.717, 1.165) is 6.42 Å². The van der Waals surface area contributed by atoms with Gasteiger partial charge in [-0.15, -0.1) is 6.58 Å². The van der Waals surface area contributed by atoms with Crippen LogP contribution in [0, 0.1) is 0 Å². The minimum absolute atomic E-state index is 1.11. The highest BCUT2D eigenvalue weighted by atomic mass is 14.9. The highest BCUT2D eigenvalue weighted by Gasteiger charge is 1.67. The average molecular weight is 72.1 g/mol. The summed E-state index contributed by atoms with van der Waals surface area (Å²) in [7, 11) is 0. The van der Waals surface area contributed by atoms with Gasteiger partial charge in [-0.3, -0.25) is 0 Å². The number of hydrogen-bond donors (Lipinski definition) is 0. The molecule has 0 spiro atoms. The van der Waals surface area contributed by atoms with E-state index in [-0.39, 0.29) is 0 Å². The molecule has 0 aromatic heterocycles. The molecule has 0 aliphatic heterocycles. The Morgan fingerprint density at radius 1 is 1.80 bits per heavy atom. The maximum absolute atomic E-state index is 3.67. The van der Waals surface area contributed by atoms with E-state index in [9.17, 15) is 0 Å². The summed E-state index contributed by atoms with van der Waals surface area (Å²) in [5, 5.41) is 0. The van der Waals surface area contributed by atoms with Crippen molar-refractivity contribution in [2.75, 3.05) is 0 Å². The molecule has 0 bridgehead atoms. The van der Waals surface area contributed by atoms with E-state index in [1.165, 1.54) is 5.57 Å². The van der Waals surface area contributed by atoms with Gasteiger partial charge in [-0.1, -0.05) is 12.5 Å². The third-order valence-corrected chi connectivity index (χ3v) is 0.604. The standard InChI is InChI=1S/C5H10/c1-4-5(2)3/h2,4H2,1,3H3/i5+2. The molecule has 0 nitrogen and oxygen atoms in total. The van der Waals surface area contributed by atoms with Crippen LogP contribution in [0.3, 0.4) is 0 Å². The Kier molecular flexibility index (Phi) is 1.90. The summed E-state index contributed by atoms with van der Waals surface area (Å²) in [6.07, 6.45) is 1.11. The highest BCUT2D eigenvalue weighted by molar-refractivity contribution is 4.84. The summed E-state index contributed by atoms with van der Waals surface area (Å²) in [5.41, 5.74) is 1.25. The van der Waals surface area contributed by atoms with Crippen LogP contribution in [0.25, 0.3) is 0 Å². The van der Waals surface area contributed by atoms with Gasteiger partial charge in [0.1, 0.15) is 0 Å². The van der Waals surface area contributed by atoms with Crippen molar-refractivity contribution in [3.63, 3.8) is 0 Å². The molecule has 0 aliphatic rings. The van der Waals surface area contributed by atoms with Crippen molar-refractivity contribution in [3.05, 3.63) is 12.2 Å². The molecule has 0 amide bonds. The van der Waals surface area contributed by atoms with Gasteiger partial charge in [-0.25, -0.2) is 0 Å². The van der Waals surface area contributed by atoms with E-state index < -0.39 is 0 Å². The van der Waals surface area contributed by atoms with Crippen molar-refractivity contribution in [2.45, 2.75) is 20.3 Å². The molecule has 0 saturated heterocycles. The fraction of sp³-hybridized carbons (Fsp3) is 0.600. The predicted octanol–water partition coefficient (Wildman–Crippen LogP) is 1.97. The van der Waals surface area contributed by atoms with Crippen LogP contribution in [0.2, 0.25) is 0 Å². The molecule has 0 heterocycles. The third kappa shape index (κ3) is 3.74. The zero-order valence-corrected chi connectivity index (χ0v) is 3.91. The fourth-order valence-electron chi connectivity index (χ4n) is 0. The zero-order valence-electron chi connectivity index (χ0n) is 3.91. The van der Waals surface area contributed by atoms with Crippen LogP contribution < -0.4 is 0 Å². The van der Waals surface area contributed by atoms with E-state index in [0.29, 0.717) is 0 Å². The highest BCUT2D eigenvalue weighted by Crippen LogP contribution is 1.88. The minimum atomic E-state index is 1.11. The van der Waals surface area contributed by atoms with Gasteiger partial charge in [0.25, 0.3) is 0 Å². The third-order valence-electron chi connectivity index (χ3n) is 0.604. The van der Waals surface area contributed by atoms with Crippen LogP contribution in [0.15, 0.2) is 12.2 Å². The SMILES string of the molecule is C=[14C](C)CC. The first-order valence-electron chi connectivity index (χ1n) is 1.91. The summed E-state index contributed by atoms with van der Waals surface area (Å²) in [6.45, 7) is 7.80. The molecule has 0 aliphatic carbocycles. The first-order valence-corrected chi connectivity index (χ1v) is 1.91. The van der Waals surface area contributed by atoms with Crippen molar-refractivity contribution in [1.82, 2.24) is 0 Å². The molecule has 0 radical (unpaired) electrons. The largest absolute Gasteiger partial charge is 0.100 e. The molecule has 30 valence electrons. The first kappa shape index (κ1) is 4.74. The summed E-state index contributed by atoms with van der Waals surface area (Å²) in [6, 6.07) is 0. The van der Waals surface area contributed by atoms with Crippen molar-refractivity contribution in [2.24, 2.45) is 0 Å². The second kappa shape index (κ2) is 2.01. The van der Waals surface area contributed by atoms with Gasteiger partial charge in [0.15, 0.2) is 0 Å². The van der Waals surface area contributed by atoms with Crippen LogP contribution >= 0.6 is 0 Å². The van der Waals surface area contributed by atoms with Crippen molar-refractivity contribution in [1.29, 1.82) is 0 Å². The molecule has 0 unspecified atom stereocenters. The van der Waals surface area contributed by atoms with E-state index >= 15 is 0 Å². The lowest BCUT2D eigenvalue weighted by Gasteiger charge is -1.79. The van der Waals surface area contributed by atoms with Crippen molar-refractivity contribution in [3.8, 4) is 0 Å². The molecular formula is C5H10. The smallest absolute Gasteiger partial charge is 0.0354 e. The van der Waals surface area contributed by atoms with Gasteiger partial charge in [0.05, 0.1) is 0 Å². The van der Waals surface area contributed by atoms with Crippen molar-refractivity contribution >= 4 is 0 Å². The molecule has 5 heavy (non-hydrogen) atoms. The summed E-state index contributed by atoms with van der Waals surface area (Å²) in [4.78, 5) is 0. The Hall–Kier alpha value is -0.260. The summed E-state index contributed by atoms with van der Waals surface area (Å²) in [5.74, 6) is 0. The van der Waals surface area contributed by atoms with Gasteiger partial charge >= 0.3 is 0 Å². The van der Waals surface area contributed by atoms with E-state index in [4.69, 9.17) is 0 Å². The molecule has 0 aromatic rings. The Morgan fingerprint density at radius 3 is 2.00 bits per heavy atom. The second-order valence-corrected chi connectivity index (χ2v) is 1.31. The van der Waals surface area contributed by atoms with Crippen LogP contribution in [-0.2, 0) is 0 Å². The molecule has 0 fully saturated rings. The Labute approximate surface area is 33.5 Å². The van der Waals surface area contributed by atoms with Gasteiger partial charge in [0, 0.05) is 0 Å². The molecule has 0 N–H and O–H groups in total. The summed E-state index contributed by atoms with van der Waals surface area (Å²) < 4.78 is 0. The monoisotopic (exact) mass is 72.1 g/mol. The lowest BCUT2D eigenvalue weighted by molar-refractivity contribution is 1.11. The van der Waals surface area contributed by atoms with Crippen LogP contribution in [0.4, 0.5) is 0 Å². The van der Waals surface area contributed by atoms with Gasteiger partial charge in [-0.2, -0.15) is 0 Å². The lowest BCUT2D eigenvalue weighted by Crippen LogP contribution is -1.58. The normalized spacial score (nSPS) is 7.60. The zero-order chi connectivity index (χ0) is 4.28. The van der Waals surface area contributed by atoms with E-state index in [1.807, 2.05) is 6.92 Å². The van der Waals surface area contributed by atoms with E-state index in [2.05, 4.69) is 13.5 Å². The molecule has 0 rings (SSSR count). The molecule has 0 saturated carbocycles. The maximum Gasteiger partial charge on any atom is -0.0354 e. The Bertz CT molecular complexity index is 35.3. The van der Waals surface area contributed by atoms with Crippen molar-refractivity contribution < 1.29 is 0 Å². The van der Waals surface area contributed by atoms with Gasteiger partial charge in [-0.05, 0) is 13.3 Å². The molecular weight excluding hydrogens is 62.0 g/mol. The Morgan fingerprint density at radius 2 is 2.00 bits per heavy atom. The topological polar surface area (TPSA) is 0 Å². The number of allylic oxidation sites excluding steroid dienone is 1. The maximum atomic E-state index is 3.67. The van der Waals surface area contributed by atoms with Crippen LogP contribution in [0.1, 0.15) is 20.3 Å². The fourth-order valence-corrected chi connectivity index (χ4v) is 0. The van der Waals surface area contributed by atoms with Crippen LogP contribution in [0.5, 0.6) is 0 Å². The van der Waals surface area contributed by atoms with Crippen LogP contribution in [-0.4, -0.2) is 0 Å². The van der Waals surface area contributed by atoms with Gasteiger partial charge in [0.2, 0.25) is 0 Å². The lowest BCUT2D eigenvalue weighted by atomic mass is 10.7. The summed E-state index contributed by atoms with van der Waals surface area (Å²) >= 11 is 0. The minimum Gasteiger partial charge on any atom is -0.100 e. The average Bonchev–Trinajstić information content (AvgIpc) is 1.38. The molecule has 0 aromatic carbocycles. The second-order valence-electron chi connectivity index (χ2n) is 1.31. The molecule has 0 heteroatoms.